The number of morpholine rings is 1. The average Bonchev–Trinajstić information content (AvgIpc) is 3.57. The highest BCUT2D eigenvalue weighted by atomic mass is 35.5. The van der Waals surface area contributed by atoms with Crippen LogP contribution < -0.4 is 10.2 Å². The quantitative estimate of drug-likeness (QED) is 0.443. The molecule has 1 saturated carbocycles. The number of fused-ring (bicyclic) bond motifs is 2. The van der Waals surface area contributed by atoms with Crippen LogP contribution in [-0.4, -0.2) is 45.4 Å². The summed E-state index contributed by atoms with van der Waals surface area (Å²) in [4.78, 5) is 12.1. The molecule has 1 aliphatic heterocycles. The van der Waals surface area contributed by atoms with Crippen molar-refractivity contribution in [2.45, 2.75) is 38.3 Å². The number of imidazole rings is 2. The number of hydrogen-bond donors (Lipinski definition) is 1. The summed E-state index contributed by atoms with van der Waals surface area (Å²) in [5, 5.41) is 4.36. The lowest BCUT2D eigenvalue weighted by atomic mass is 10.2. The third-order valence-electron chi connectivity index (χ3n) is 7.13. The predicted molar refractivity (Wildman–Crippen MR) is 133 cm³/mol. The molecule has 2 fully saturated rings. The zero-order chi connectivity index (χ0) is 22.4. The van der Waals surface area contributed by atoms with Crippen molar-refractivity contribution in [1.82, 2.24) is 19.1 Å². The van der Waals surface area contributed by atoms with E-state index in [0.29, 0.717) is 17.6 Å². The molecular formula is C25H29ClN6O. The van der Waals surface area contributed by atoms with E-state index in [-0.39, 0.29) is 0 Å². The molecule has 0 radical (unpaired) electrons. The first-order valence-corrected chi connectivity index (χ1v) is 12.2. The molecule has 0 spiro atoms. The van der Waals surface area contributed by atoms with E-state index in [0.717, 1.165) is 54.4 Å². The van der Waals surface area contributed by atoms with Crippen LogP contribution in [0.25, 0.3) is 22.1 Å². The van der Waals surface area contributed by atoms with Crippen LogP contribution >= 0.6 is 11.6 Å². The minimum absolute atomic E-state index is 0.548. The smallest absolute Gasteiger partial charge is 0.128 e. The van der Waals surface area contributed by atoms with Gasteiger partial charge in [-0.3, -0.25) is 0 Å². The second-order valence-electron chi connectivity index (χ2n) is 9.12. The molecule has 0 bridgehead atoms. The molecule has 7 nitrogen and oxygen atoms in total. The summed E-state index contributed by atoms with van der Waals surface area (Å²) in [5.41, 5.74) is 6.51. The minimum Gasteiger partial charge on any atom is -0.378 e. The molecule has 0 atom stereocenters. The van der Waals surface area contributed by atoms with Gasteiger partial charge in [-0.25, -0.2) is 9.97 Å². The van der Waals surface area contributed by atoms with Crippen LogP contribution in [0.3, 0.4) is 0 Å². The maximum absolute atomic E-state index is 6.18. The number of hydrogen-bond acceptors (Lipinski definition) is 5. The molecule has 2 aromatic carbocycles. The standard InChI is InChI=1S/C25H29ClN6O/c1-30-22-7-6-17(26)12-20(22)29-24(30)15-27-21-13-19(31-8-10-33-11-9-31)14-23-25(21)28-16-32(23)18-4-2-3-5-18/h6-7,12-14,16,18,27H,2-5,8-11,15H2,1H3. The van der Waals surface area contributed by atoms with Gasteiger partial charge in [0.05, 0.1) is 48.3 Å². The van der Waals surface area contributed by atoms with Crippen molar-refractivity contribution in [3.63, 3.8) is 0 Å². The third kappa shape index (κ3) is 3.83. The molecule has 2 aromatic heterocycles. The van der Waals surface area contributed by atoms with Crippen molar-refractivity contribution in [3.05, 3.63) is 47.5 Å². The topological polar surface area (TPSA) is 60.1 Å². The summed E-state index contributed by atoms with van der Waals surface area (Å²) >= 11 is 6.18. The Morgan fingerprint density at radius 3 is 2.73 bits per heavy atom. The van der Waals surface area contributed by atoms with Gasteiger partial charge in [-0.15, -0.1) is 0 Å². The van der Waals surface area contributed by atoms with Crippen LogP contribution in [0.15, 0.2) is 36.7 Å². The number of halogens is 1. The summed E-state index contributed by atoms with van der Waals surface area (Å²) in [6.45, 7) is 3.97. The van der Waals surface area contributed by atoms with Gasteiger partial charge in [-0.05, 0) is 43.2 Å². The lowest BCUT2D eigenvalue weighted by Gasteiger charge is -2.29. The maximum Gasteiger partial charge on any atom is 0.128 e. The fourth-order valence-electron chi connectivity index (χ4n) is 5.29. The van der Waals surface area contributed by atoms with E-state index in [9.17, 15) is 0 Å². The molecule has 172 valence electrons. The predicted octanol–water partition coefficient (Wildman–Crippen LogP) is 5.14. The van der Waals surface area contributed by atoms with Crippen molar-refractivity contribution in [1.29, 1.82) is 0 Å². The van der Waals surface area contributed by atoms with Gasteiger partial charge in [0.15, 0.2) is 0 Å². The van der Waals surface area contributed by atoms with E-state index < -0.39 is 0 Å². The molecule has 1 saturated heterocycles. The third-order valence-corrected chi connectivity index (χ3v) is 7.37. The molecule has 1 N–H and O–H groups in total. The molecule has 0 unspecified atom stereocenters. The van der Waals surface area contributed by atoms with E-state index in [1.54, 1.807) is 0 Å². The molecule has 8 heteroatoms. The van der Waals surface area contributed by atoms with E-state index in [4.69, 9.17) is 26.3 Å². The number of ether oxygens (including phenoxy) is 1. The summed E-state index contributed by atoms with van der Waals surface area (Å²) in [6.07, 6.45) is 7.10. The Kier molecular flexibility index (Phi) is 5.38. The molecule has 2 aliphatic rings. The van der Waals surface area contributed by atoms with Crippen LogP contribution in [-0.2, 0) is 18.3 Å². The normalized spacial score (nSPS) is 17.5. The first-order chi connectivity index (χ1) is 16.2. The Hall–Kier alpha value is -2.77. The summed E-state index contributed by atoms with van der Waals surface area (Å²) in [5.74, 6) is 0.965. The Morgan fingerprint density at radius 2 is 1.91 bits per heavy atom. The summed E-state index contributed by atoms with van der Waals surface area (Å²) in [7, 11) is 2.05. The lowest BCUT2D eigenvalue weighted by molar-refractivity contribution is 0.122. The molecule has 6 rings (SSSR count). The van der Waals surface area contributed by atoms with Crippen LogP contribution in [0.1, 0.15) is 37.5 Å². The summed E-state index contributed by atoms with van der Waals surface area (Å²) in [6, 6.07) is 10.9. The van der Waals surface area contributed by atoms with Crippen LogP contribution in [0.4, 0.5) is 11.4 Å². The van der Waals surface area contributed by atoms with Crippen LogP contribution in [0.2, 0.25) is 5.02 Å². The monoisotopic (exact) mass is 464 g/mol. The zero-order valence-electron chi connectivity index (χ0n) is 18.9. The summed E-state index contributed by atoms with van der Waals surface area (Å²) < 4.78 is 10.1. The van der Waals surface area contributed by atoms with Crippen molar-refractivity contribution in [2.24, 2.45) is 7.05 Å². The second-order valence-corrected chi connectivity index (χ2v) is 9.56. The van der Waals surface area contributed by atoms with Crippen molar-refractivity contribution < 1.29 is 4.74 Å². The number of aryl methyl sites for hydroxylation is 1. The average molecular weight is 465 g/mol. The molecule has 4 aromatic rings. The first kappa shape index (κ1) is 20.8. The van der Waals surface area contributed by atoms with Crippen molar-refractivity contribution in [3.8, 4) is 0 Å². The van der Waals surface area contributed by atoms with Gasteiger partial charge < -0.3 is 24.1 Å². The fourth-order valence-corrected chi connectivity index (χ4v) is 5.45. The number of nitrogens with zero attached hydrogens (tertiary/aromatic N) is 5. The Labute approximate surface area is 198 Å². The molecule has 0 amide bonds. The molecule has 3 heterocycles. The van der Waals surface area contributed by atoms with Gasteiger partial charge in [-0.1, -0.05) is 24.4 Å². The van der Waals surface area contributed by atoms with Crippen LogP contribution in [0.5, 0.6) is 0 Å². The Morgan fingerprint density at radius 1 is 1.09 bits per heavy atom. The largest absolute Gasteiger partial charge is 0.378 e. The first-order valence-electron chi connectivity index (χ1n) is 11.9. The molecule has 33 heavy (non-hydrogen) atoms. The lowest BCUT2D eigenvalue weighted by Crippen LogP contribution is -2.36. The number of nitrogens with one attached hydrogen (secondary N) is 1. The van der Waals surface area contributed by atoms with Gasteiger partial charge >= 0.3 is 0 Å². The van der Waals surface area contributed by atoms with E-state index in [1.165, 1.54) is 36.9 Å². The highest BCUT2D eigenvalue weighted by molar-refractivity contribution is 6.31. The molecular weight excluding hydrogens is 436 g/mol. The maximum atomic E-state index is 6.18. The number of anilines is 2. The highest BCUT2D eigenvalue weighted by Crippen LogP contribution is 2.36. The van der Waals surface area contributed by atoms with E-state index in [2.05, 4.69) is 38.5 Å². The van der Waals surface area contributed by atoms with E-state index >= 15 is 0 Å². The number of aromatic nitrogens is 4. The van der Waals surface area contributed by atoms with Gasteiger partial charge in [0, 0.05) is 36.9 Å². The van der Waals surface area contributed by atoms with Crippen LogP contribution in [0, 0.1) is 0 Å². The highest BCUT2D eigenvalue weighted by Gasteiger charge is 2.22. The van der Waals surface area contributed by atoms with Crippen molar-refractivity contribution in [2.75, 3.05) is 36.5 Å². The van der Waals surface area contributed by atoms with Gasteiger partial charge in [0.1, 0.15) is 11.3 Å². The minimum atomic E-state index is 0.548. The fraction of sp³-hybridized carbons (Fsp3) is 0.440. The number of benzene rings is 2. The van der Waals surface area contributed by atoms with Gasteiger partial charge in [0.25, 0.3) is 0 Å². The van der Waals surface area contributed by atoms with Crippen molar-refractivity contribution >= 4 is 45.0 Å². The molecule has 1 aliphatic carbocycles. The number of rotatable bonds is 5. The zero-order valence-corrected chi connectivity index (χ0v) is 19.7. The van der Waals surface area contributed by atoms with Gasteiger partial charge in [0.2, 0.25) is 0 Å². The van der Waals surface area contributed by atoms with Gasteiger partial charge in [-0.2, -0.15) is 0 Å². The Bertz CT molecular complexity index is 1300. The SMILES string of the molecule is Cn1c(CNc2cc(N3CCOCC3)cc3c2ncn3C2CCCC2)nc2cc(Cl)ccc21. The van der Waals surface area contributed by atoms with E-state index in [1.807, 2.05) is 24.5 Å². The Balaban J connectivity index is 1.37. The second kappa shape index (κ2) is 8.54.